The summed E-state index contributed by atoms with van der Waals surface area (Å²) in [4.78, 5) is 0. The maximum atomic E-state index is 11.0. The maximum absolute atomic E-state index is 11.0. The van der Waals surface area contributed by atoms with Crippen molar-refractivity contribution in [2.75, 3.05) is 5.32 Å². The zero-order chi connectivity index (χ0) is 14.8. The number of furan rings is 1. The molecule has 0 fully saturated rings. The van der Waals surface area contributed by atoms with Gasteiger partial charge in [-0.25, -0.2) is 13.6 Å². The molecule has 1 aromatic heterocycles. The van der Waals surface area contributed by atoms with Crippen molar-refractivity contribution in [2.24, 2.45) is 5.14 Å². The topological polar surface area (TPSA) is 85.3 Å². The van der Waals surface area contributed by atoms with Crippen molar-refractivity contribution in [3.8, 4) is 0 Å². The summed E-state index contributed by atoms with van der Waals surface area (Å²) in [6.45, 7) is 0.527. The van der Waals surface area contributed by atoms with Crippen molar-refractivity contribution in [3.63, 3.8) is 0 Å². The molecule has 0 bridgehead atoms. The largest absolute Gasteiger partial charge is 0.451 e. The highest BCUT2D eigenvalue weighted by Gasteiger charge is 2.07. The summed E-state index contributed by atoms with van der Waals surface area (Å²) < 4.78 is 28.9. The highest BCUT2D eigenvalue weighted by Crippen LogP contribution is 2.27. The standard InChI is InChI=1S/C12H12Br2N2O3S/c13-11-5-10(19-12(11)14)6-16-9-3-1-8(2-4-9)7-20(15,17)18/h1-5,16H,6-7H2,(H2,15,17,18). The molecule has 0 saturated carbocycles. The molecule has 1 aromatic carbocycles. The van der Waals surface area contributed by atoms with Gasteiger partial charge in [-0.3, -0.25) is 0 Å². The van der Waals surface area contributed by atoms with Gasteiger partial charge >= 0.3 is 0 Å². The predicted molar refractivity (Wildman–Crippen MR) is 84.7 cm³/mol. The summed E-state index contributed by atoms with van der Waals surface area (Å²) >= 11 is 6.61. The van der Waals surface area contributed by atoms with E-state index in [-0.39, 0.29) is 5.75 Å². The van der Waals surface area contributed by atoms with Crippen LogP contribution in [0.3, 0.4) is 0 Å². The lowest BCUT2D eigenvalue weighted by Crippen LogP contribution is -2.14. The van der Waals surface area contributed by atoms with Gasteiger partial charge in [0.05, 0.1) is 16.8 Å². The van der Waals surface area contributed by atoms with Crippen LogP contribution in [-0.4, -0.2) is 8.42 Å². The number of nitrogens with one attached hydrogen (secondary N) is 1. The van der Waals surface area contributed by atoms with Crippen LogP contribution in [0.5, 0.6) is 0 Å². The normalized spacial score (nSPS) is 11.6. The van der Waals surface area contributed by atoms with E-state index in [2.05, 4.69) is 37.2 Å². The molecular formula is C12H12Br2N2O3S. The fraction of sp³-hybridized carbons (Fsp3) is 0.167. The number of sulfonamides is 1. The Bertz CT molecular complexity index is 676. The number of hydrogen-bond acceptors (Lipinski definition) is 4. The van der Waals surface area contributed by atoms with Gasteiger partial charge in [-0.2, -0.15) is 0 Å². The van der Waals surface area contributed by atoms with Crippen molar-refractivity contribution in [2.45, 2.75) is 12.3 Å². The molecule has 0 atom stereocenters. The fourth-order valence-corrected chi connectivity index (χ4v) is 2.93. The molecule has 0 aliphatic rings. The third kappa shape index (κ3) is 4.62. The van der Waals surface area contributed by atoms with Crippen LogP contribution in [0.4, 0.5) is 5.69 Å². The van der Waals surface area contributed by atoms with E-state index in [4.69, 9.17) is 9.56 Å². The van der Waals surface area contributed by atoms with E-state index in [1.165, 1.54) is 0 Å². The molecule has 3 N–H and O–H groups in total. The van der Waals surface area contributed by atoms with Crippen LogP contribution in [0.2, 0.25) is 0 Å². The van der Waals surface area contributed by atoms with Crippen molar-refractivity contribution < 1.29 is 12.8 Å². The number of rotatable bonds is 5. The van der Waals surface area contributed by atoms with Gasteiger partial charge in [-0.1, -0.05) is 12.1 Å². The Hall–Kier alpha value is -0.830. The summed E-state index contributed by atoms with van der Waals surface area (Å²) in [6, 6.07) is 8.91. The zero-order valence-corrected chi connectivity index (χ0v) is 14.3. The Labute approximate surface area is 133 Å². The summed E-state index contributed by atoms with van der Waals surface area (Å²) in [5, 5.41) is 8.17. The summed E-state index contributed by atoms with van der Waals surface area (Å²) in [7, 11) is -3.49. The summed E-state index contributed by atoms with van der Waals surface area (Å²) in [6.07, 6.45) is 0. The minimum absolute atomic E-state index is 0.161. The van der Waals surface area contributed by atoms with Gasteiger partial charge in [0.15, 0.2) is 4.67 Å². The molecule has 5 nitrogen and oxygen atoms in total. The van der Waals surface area contributed by atoms with Crippen molar-refractivity contribution >= 4 is 47.6 Å². The van der Waals surface area contributed by atoms with E-state index in [9.17, 15) is 8.42 Å². The van der Waals surface area contributed by atoms with E-state index < -0.39 is 10.0 Å². The first-order chi connectivity index (χ1) is 9.33. The van der Waals surface area contributed by atoms with Crippen LogP contribution in [-0.2, 0) is 22.3 Å². The van der Waals surface area contributed by atoms with E-state index in [1.807, 2.05) is 6.07 Å². The Balaban J connectivity index is 1.97. The Kier molecular flexibility index (Phi) is 4.90. The summed E-state index contributed by atoms with van der Waals surface area (Å²) in [5.41, 5.74) is 1.52. The molecule has 1 heterocycles. The molecule has 0 unspecified atom stereocenters. The fourth-order valence-electron chi connectivity index (χ4n) is 1.62. The van der Waals surface area contributed by atoms with Crippen molar-refractivity contribution in [3.05, 3.63) is 50.8 Å². The predicted octanol–water partition coefficient (Wildman–Crippen LogP) is 3.21. The Morgan fingerprint density at radius 1 is 1.20 bits per heavy atom. The molecule has 0 radical (unpaired) electrons. The number of halogens is 2. The monoisotopic (exact) mass is 422 g/mol. The maximum Gasteiger partial charge on any atom is 0.213 e. The second-order valence-electron chi connectivity index (χ2n) is 4.19. The number of anilines is 1. The molecule has 0 saturated heterocycles. The molecule has 0 spiro atoms. The third-order valence-corrected chi connectivity index (χ3v) is 4.93. The van der Waals surface area contributed by atoms with Crippen LogP contribution in [0.15, 0.2) is 43.9 Å². The van der Waals surface area contributed by atoms with Crippen molar-refractivity contribution in [1.82, 2.24) is 0 Å². The van der Waals surface area contributed by atoms with Gasteiger partial charge in [0, 0.05) is 5.69 Å². The van der Waals surface area contributed by atoms with E-state index in [0.717, 1.165) is 15.9 Å². The quantitative estimate of drug-likeness (QED) is 0.773. The van der Waals surface area contributed by atoms with Crippen LogP contribution in [0, 0.1) is 0 Å². The third-order valence-electron chi connectivity index (χ3n) is 2.48. The lowest BCUT2D eigenvalue weighted by atomic mass is 10.2. The highest BCUT2D eigenvalue weighted by molar-refractivity contribution is 9.13. The molecule has 0 aliphatic heterocycles. The lowest BCUT2D eigenvalue weighted by Gasteiger charge is -2.05. The first-order valence-electron chi connectivity index (χ1n) is 5.60. The molecular weight excluding hydrogens is 412 g/mol. The SMILES string of the molecule is NS(=O)(=O)Cc1ccc(NCc2cc(Br)c(Br)o2)cc1. The van der Waals surface area contributed by atoms with Crippen LogP contribution in [0.1, 0.15) is 11.3 Å². The number of benzene rings is 1. The molecule has 2 aromatic rings. The van der Waals surface area contributed by atoms with Crippen LogP contribution < -0.4 is 10.5 Å². The molecule has 108 valence electrons. The Morgan fingerprint density at radius 3 is 2.35 bits per heavy atom. The van der Waals surface area contributed by atoms with Gasteiger partial charge in [0.1, 0.15) is 5.76 Å². The van der Waals surface area contributed by atoms with Gasteiger partial charge in [-0.15, -0.1) is 0 Å². The van der Waals surface area contributed by atoms with Crippen LogP contribution >= 0.6 is 31.9 Å². The molecule has 8 heteroatoms. The highest BCUT2D eigenvalue weighted by atomic mass is 79.9. The molecule has 20 heavy (non-hydrogen) atoms. The number of primary sulfonamides is 1. The zero-order valence-electron chi connectivity index (χ0n) is 10.3. The average Bonchev–Trinajstić information content (AvgIpc) is 2.66. The number of nitrogens with two attached hydrogens (primary N) is 1. The van der Waals surface area contributed by atoms with Gasteiger partial charge in [-0.05, 0) is 55.6 Å². The van der Waals surface area contributed by atoms with E-state index in [0.29, 0.717) is 16.8 Å². The van der Waals surface area contributed by atoms with E-state index in [1.54, 1.807) is 24.3 Å². The lowest BCUT2D eigenvalue weighted by molar-refractivity contribution is 0.494. The Morgan fingerprint density at radius 2 is 1.85 bits per heavy atom. The summed E-state index contributed by atoms with van der Waals surface area (Å²) in [5.74, 6) is 0.614. The first kappa shape index (κ1) is 15.6. The molecule has 0 aliphatic carbocycles. The first-order valence-corrected chi connectivity index (χ1v) is 8.90. The smallest absolute Gasteiger partial charge is 0.213 e. The minimum atomic E-state index is -3.49. The average molecular weight is 424 g/mol. The van der Waals surface area contributed by atoms with Gasteiger partial charge in [0.25, 0.3) is 0 Å². The van der Waals surface area contributed by atoms with Gasteiger partial charge in [0.2, 0.25) is 10.0 Å². The molecule has 0 amide bonds. The van der Waals surface area contributed by atoms with E-state index >= 15 is 0 Å². The minimum Gasteiger partial charge on any atom is -0.451 e. The number of hydrogen-bond donors (Lipinski definition) is 2. The van der Waals surface area contributed by atoms with Gasteiger partial charge < -0.3 is 9.73 Å². The second kappa shape index (κ2) is 6.30. The van der Waals surface area contributed by atoms with Crippen molar-refractivity contribution in [1.29, 1.82) is 0 Å². The molecule has 2 rings (SSSR count). The second-order valence-corrected chi connectivity index (χ2v) is 7.38. The van der Waals surface area contributed by atoms with Crippen LogP contribution in [0.25, 0.3) is 0 Å².